The molecule has 2 N–H and O–H groups in total. The van der Waals surface area contributed by atoms with E-state index in [4.69, 9.17) is 4.74 Å². The van der Waals surface area contributed by atoms with Crippen LogP contribution in [0.2, 0.25) is 0 Å². The Labute approximate surface area is 176 Å². The van der Waals surface area contributed by atoms with Crippen LogP contribution < -0.4 is 20.3 Å². The van der Waals surface area contributed by atoms with Gasteiger partial charge in [-0.2, -0.15) is 0 Å². The average molecular weight is 409 g/mol. The first-order valence-corrected chi connectivity index (χ1v) is 10.1. The van der Waals surface area contributed by atoms with Gasteiger partial charge in [0.2, 0.25) is 17.7 Å². The standard InChI is InChI=1S/C23H27N3O4/c1-15(2)30-18-10-8-17(9-11-18)16(3)24-21(27)12-13-23(29)26-14-22(28)25-19-6-4-5-7-20(19)26/h4-11,15-16H,12-14H2,1-3H3,(H,24,27)(H,25,28). The summed E-state index contributed by atoms with van der Waals surface area (Å²) in [6.45, 7) is 5.78. The molecule has 0 radical (unpaired) electrons. The lowest BCUT2D eigenvalue weighted by Gasteiger charge is -2.29. The molecule has 1 heterocycles. The van der Waals surface area contributed by atoms with Gasteiger partial charge in [0.1, 0.15) is 12.3 Å². The fraction of sp³-hybridized carbons (Fsp3) is 0.348. The topological polar surface area (TPSA) is 87.7 Å². The van der Waals surface area contributed by atoms with Crippen molar-refractivity contribution in [1.29, 1.82) is 0 Å². The molecule has 7 nitrogen and oxygen atoms in total. The van der Waals surface area contributed by atoms with Gasteiger partial charge in [-0.1, -0.05) is 24.3 Å². The van der Waals surface area contributed by atoms with Crippen molar-refractivity contribution in [2.45, 2.75) is 45.8 Å². The summed E-state index contributed by atoms with van der Waals surface area (Å²) in [6.07, 6.45) is 0.183. The van der Waals surface area contributed by atoms with E-state index in [9.17, 15) is 14.4 Å². The maximum atomic E-state index is 12.6. The van der Waals surface area contributed by atoms with Crippen molar-refractivity contribution in [3.05, 3.63) is 54.1 Å². The Bertz CT molecular complexity index is 924. The number of carbonyl (C=O) groups excluding carboxylic acids is 3. The molecule has 7 heteroatoms. The average Bonchev–Trinajstić information content (AvgIpc) is 2.71. The number of hydrogen-bond donors (Lipinski definition) is 2. The lowest BCUT2D eigenvalue weighted by atomic mass is 10.1. The Balaban J connectivity index is 1.53. The number of carbonyl (C=O) groups is 3. The van der Waals surface area contributed by atoms with Crippen molar-refractivity contribution in [2.24, 2.45) is 0 Å². The van der Waals surface area contributed by atoms with E-state index in [0.717, 1.165) is 11.3 Å². The third-order valence-corrected chi connectivity index (χ3v) is 4.77. The Morgan fingerprint density at radius 2 is 1.77 bits per heavy atom. The third-order valence-electron chi connectivity index (χ3n) is 4.77. The first-order valence-electron chi connectivity index (χ1n) is 10.1. The highest BCUT2D eigenvalue weighted by molar-refractivity contribution is 6.10. The molecule has 0 fully saturated rings. The summed E-state index contributed by atoms with van der Waals surface area (Å²) in [7, 11) is 0. The van der Waals surface area contributed by atoms with Crippen LogP contribution in [-0.2, 0) is 14.4 Å². The van der Waals surface area contributed by atoms with Gasteiger partial charge in [-0.05, 0) is 50.6 Å². The van der Waals surface area contributed by atoms with E-state index < -0.39 is 0 Å². The van der Waals surface area contributed by atoms with Crippen LogP contribution in [0.4, 0.5) is 11.4 Å². The lowest BCUT2D eigenvalue weighted by molar-refractivity contribution is -0.126. The molecule has 0 saturated carbocycles. The van der Waals surface area contributed by atoms with Crippen LogP contribution in [0, 0.1) is 0 Å². The SMILES string of the molecule is CC(C)Oc1ccc(C(C)NC(=O)CCC(=O)N2CC(=O)Nc3ccccc32)cc1. The summed E-state index contributed by atoms with van der Waals surface area (Å²) in [6, 6.07) is 14.5. The second-order valence-electron chi connectivity index (χ2n) is 7.57. The first kappa shape index (κ1) is 21.4. The highest BCUT2D eigenvalue weighted by atomic mass is 16.5. The number of fused-ring (bicyclic) bond motifs is 1. The molecule has 2 aromatic carbocycles. The minimum atomic E-state index is -0.254. The van der Waals surface area contributed by atoms with Crippen LogP contribution in [0.3, 0.4) is 0 Å². The smallest absolute Gasteiger partial charge is 0.244 e. The zero-order valence-corrected chi connectivity index (χ0v) is 17.5. The van der Waals surface area contributed by atoms with E-state index in [-0.39, 0.29) is 49.3 Å². The number of hydrogen-bond acceptors (Lipinski definition) is 4. The van der Waals surface area contributed by atoms with Gasteiger partial charge in [0.25, 0.3) is 0 Å². The van der Waals surface area contributed by atoms with Gasteiger partial charge in [-0.25, -0.2) is 0 Å². The maximum absolute atomic E-state index is 12.6. The maximum Gasteiger partial charge on any atom is 0.244 e. The van der Waals surface area contributed by atoms with E-state index >= 15 is 0 Å². The molecule has 3 amide bonds. The van der Waals surface area contributed by atoms with E-state index in [2.05, 4.69) is 10.6 Å². The second-order valence-corrected chi connectivity index (χ2v) is 7.57. The molecule has 0 spiro atoms. The van der Waals surface area contributed by atoms with E-state index in [1.807, 2.05) is 51.1 Å². The van der Waals surface area contributed by atoms with Gasteiger partial charge in [-0.3, -0.25) is 14.4 Å². The van der Waals surface area contributed by atoms with Gasteiger partial charge in [0, 0.05) is 12.8 Å². The molecule has 2 aromatic rings. The second kappa shape index (κ2) is 9.43. The highest BCUT2D eigenvalue weighted by Crippen LogP contribution is 2.29. The zero-order chi connectivity index (χ0) is 21.7. The predicted molar refractivity (Wildman–Crippen MR) is 115 cm³/mol. The molecule has 1 aliphatic rings. The number of anilines is 2. The number of rotatable bonds is 7. The highest BCUT2D eigenvalue weighted by Gasteiger charge is 2.26. The molecule has 0 saturated heterocycles. The lowest BCUT2D eigenvalue weighted by Crippen LogP contribution is -2.42. The van der Waals surface area contributed by atoms with E-state index in [1.165, 1.54) is 4.90 Å². The first-order chi connectivity index (χ1) is 14.3. The molecule has 0 aromatic heterocycles. The number of benzene rings is 2. The Kier molecular flexibility index (Phi) is 6.72. The molecule has 0 aliphatic carbocycles. The third kappa shape index (κ3) is 5.37. The van der Waals surface area contributed by atoms with Crippen molar-refractivity contribution < 1.29 is 19.1 Å². The summed E-state index contributed by atoms with van der Waals surface area (Å²) in [5, 5.41) is 5.66. The van der Waals surface area contributed by atoms with E-state index in [0.29, 0.717) is 11.4 Å². The summed E-state index contributed by atoms with van der Waals surface area (Å²) < 4.78 is 5.63. The van der Waals surface area contributed by atoms with Gasteiger partial charge in [0.05, 0.1) is 23.5 Å². The van der Waals surface area contributed by atoms with Gasteiger partial charge in [-0.15, -0.1) is 0 Å². The normalized spacial score (nSPS) is 14.0. The summed E-state index contributed by atoms with van der Waals surface area (Å²) in [5.41, 5.74) is 2.21. The minimum Gasteiger partial charge on any atom is -0.491 e. The Morgan fingerprint density at radius 1 is 1.07 bits per heavy atom. The largest absolute Gasteiger partial charge is 0.491 e. The van der Waals surface area contributed by atoms with Crippen molar-refractivity contribution in [1.82, 2.24) is 5.32 Å². The molecule has 1 atom stereocenters. The number of nitrogens with one attached hydrogen (secondary N) is 2. The van der Waals surface area contributed by atoms with Crippen LogP contribution in [0.1, 0.15) is 45.2 Å². The summed E-state index contributed by atoms with van der Waals surface area (Å²) in [4.78, 5) is 38.3. The molecular weight excluding hydrogens is 382 g/mol. The molecule has 1 aliphatic heterocycles. The zero-order valence-electron chi connectivity index (χ0n) is 17.5. The van der Waals surface area contributed by atoms with Crippen LogP contribution in [0.15, 0.2) is 48.5 Å². The van der Waals surface area contributed by atoms with Crippen molar-refractivity contribution >= 4 is 29.1 Å². The van der Waals surface area contributed by atoms with Crippen molar-refractivity contribution in [3.8, 4) is 5.75 Å². The van der Waals surface area contributed by atoms with Crippen molar-refractivity contribution in [2.75, 3.05) is 16.8 Å². The van der Waals surface area contributed by atoms with Crippen LogP contribution in [-0.4, -0.2) is 30.4 Å². The molecule has 158 valence electrons. The van der Waals surface area contributed by atoms with Crippen LogP contribution >= 0.6 is 0 Å². The molecule has 3 rings (SSSR count). The number of para-hydroxylation sites is 2. The van der Waals surface area contributed by atoms with Crippen LogP contribution in [0.25, 0.3) is 0 Å². The molecule has 30 heavy (non-hydrogen) atoms. The summed E-state index contributed by atoms with van der Waals surface area (Å²) >= 11 is 0. The van der Waals surface area contributed by atoms with Gasteiger partial charge in [0.15, 0.2) is 0 Å². The fourth-order valence-electron chi connectivity index (χ4n) is 3.32. The van der Waals surface area contributed by atoms with Crippen molar-refractivity contribution in [3.63, 3.8) is 0 Å². The molecule has 1 unspecified atom stereocenters. The summed E-state index contributed by atoms with van der Waals surface area (Å²) in [5.74, 6) is 0.0668. The number of amides is 3. The predicted octanol–water partition coefficient (Wildman–Crippen LogP) is 3.42. The quantitative estimate of drug-likeness (QED) is 0.734. The van der Waals surface area contributed by atoms with Gasteiger partial charge >= 0.3 is 0 Å². The molecular formula is C23H27N3O4. The van der Waals surface area contributed by atoms with E-state index in [1.54, 1.807) is 18.2 Å². The van der Waals surface area contributed by atoms with Gasteiger partial charge < -0.3 is 20.3 Å². The fourth-order valence-corrected chi connectivity index (χ4v) is 3.32. The minimum absolute atomic E-state index is 0.0291. The molecule has 0 bridgehead atoms. The Morgan fingerprint density at radius 3 is 2.47 bits per heavy atom. The Hall–Kier alpha value is -3.35. The van der Waals surface area contributed by atoms with Crippen LogP contribution in [0.5, 0.6) is 5.75 Å². The monoisotopic (exact) mass is 409 g/mol. The number of ether oxygens (including phenoxy) is 1. The number of nitrogens with zero attached hydrogens (tertiary/aromatic N) is 1.